The quantitative estimate of drug-likeness (QED) is 0.569. The summed E-state index contributed by atoms with van der Waals surface area (Å²) in [6, 6.07) is 8.39. The average molecular weight is 499 g/mol. The molecule has 7 nitrogen and oxygen atoms in total. The fourth-order valence-corrected chi connectivity index (χ4v) is 5.87. The van der Waals surface area contributed by atoms with Crippen LogP contribution in [0, 0.1) is 11.6 Å². The van der Waals surface area contributed by atoms with Crippen molar-refractivity contribution in [2.24, 2.45) is 0 Å². The second kappa shape index (κ2) is 8.83. The summed E-state index contributed by atoms with van der Waals surface area (Å²) in [4.78, 5) is 18.3. The molecule has 0 bridgehead atoms. The van der Waals surface area contributed by atoms with Crippen LogP contribution >= 0.6 is 22.9 Å². The number of hydrogen-bond donors (Lipinski definition) is 2. The molecule has 1 aromatic carbocycles. The highest BCUT2D eigenvalue weighted by Gasteiger charge is 2.41. The lowest BCUT2D eigenvalue weighted by Crippen LogP contribution is -2.55. The molecule has 12 heteroatoms. The number of carbonyl (C=O) groups excluding carboxylic acids is 1. The summed E-state index contributed by atoms with van der Waals surface area (Å²) in [6.07, 6.45) is 1.27. The summed E-state index contributed by atoms with van der Waals surface area (Å²) < 4.78 is 55.4. The minimum Gasteiger partial charge on any atom is -0.325 e. The number of nitrogens with zero attached hydrogens (tertiary/aromatic N) is 2. The van der Waals surface area contributed by atoms with Crippen LogP contribution in [0.1, 0.15) is 17.3 Å². The molecule has 1 aliphatic rings. The number of thiophene rings is 1. The van der Waals surface area contributed by atoms with Gasteiger partial charge in [-0.05, 0) is 48.9 Å². The zero-order chi connectivity index (χ0) is 23.0. The number of amides is 1. The first-order valence-corrected chi connectivity index (χ1v) is 12.0. The predicted molar refractivity (Wildman–Crippen MR) is 119 cm³/mol. The summed E-state index contributed by atoms with van der Waals surface area (Å²) in [5.74, 6) is -1.65. The third-order valence-electron chi connectivity index (χ3n) is 5.01. The number of nitrogens with one attached hydrogen (secondary N) is 2. The molecule has 0 radical (unpaired) electrons. The van der Waals surface area contributed by atoms with E-state index in [4.69, 9.17) is 11.6 Å². The third kappa shape index (κ3) is 4.66. The van der Waals surface area contributed by atoms with E-state index in [1.54, 1.807) is 12.1 Å². The second-order valence-electron chi connectivity index (χ2n) is 7.12. The number of aromatic nitrogens is 1. The van der Waals surface area contributed by atoms with Gasteiger partial charge in [0.15, 0.2) is 0 Å². The Balaban J connectivity index is 1.56. The van der Waals surface area contributed by atoms with Crippen LogP contribution in [-0.4, -0.2) is 36.7 Å². The van der Waals surface area contributed by atoms with Crippen LogP contribution < -0.4 is 10.0 Å². The minimum absolute atomic E-state index is 0.160. The Kier molecular flexibility index (Phi) is 6.28. The third-order valence-corrected chi connectivity index (χ3v) is 8.11. The lowest BCUT2D eigenvalue weighted by atomic mass is 10.1. The number of benzene rings is 1. The Bertz CT molecular complexity index is 1270. The van der Waals surface area contributed by atoms with Crippen LogP contribution in [0.5, 0.6) is 0 Å². The maximum Gasteiger partial charge on any atom is 0.280 e. The Morgan fingerprint density at radius 3 is 2.72 bits per heavy atom. The standard InChI is InChI=1S/C20H17ClF2N4O3S2/c1-27-17(20(28)25-12-3-4-14(23)13(21)8-12)9-16(26-32(27,29)30)19-7-6-18(31-19)15-5-2-11(22)10-24-15/h2-8,10,16-17,26H,9H2,1H3,(H,25,28)/t16-,17+/m1/s1. The summed E-state index contributed by atoms with van der Waals surface area (Å²) >= 11 is 7.05. The van der Waals surface area contributed by atoms with Crippen LogP contribution in [0.4, 0.5) is 14.5 Å². The molecular formula is C20H17ClF2N4O3S2. The molecule has 1 amide bonds. The number of likely N-dealkylation sites (N-methyl/N-ethyl adjacent to an activating group) is 1. The monoisotopic (exact) mass is 498 g/mol. The van der Waals surface area contributed by atoms with Crippen LogP contribution in [0.25, 0.3) is 10.6 Å². The summed E-state index contributed by atoms with van der Waals surface area (Å²) in [5.41, 5.74) is 0.809. The maximum absolute atomic E-state index is 13.4. The van der Waals surface area contributed by atoms with Gasteiger partial charge in [0.1, 0.15) is 17.7 Å². The number of halogens is 3. The first kappa shape index (κ1) is 22.7. The molecule has 3 aromatic rings. The largest absolute Gasteiger partial charge is 0.325 e. The lowest BCUT2D eigenvalue weighted by molar-refractivity contribution is -0.120. The van der Waals surface area contributed by atoms with Crippen LogP contribution in [0.3, 0.4) is 0 Å². The lowest BCUT2D eigenvalue weighted by Gasteiger charge is -2.35. The van der Waals surface area contributed by atoms with Crippen molar-refractivity contribution in [3.05, 3.63) is 70.2 Å². The number of anilines is 1. The molecular weight excluding hydrogens is 482 g/mol. The Labute approximate surface area is 192 Å². The van der Waals surface area contributed by atoms with Crippen molar-refractivity contribution in [2.45, 2.75) is 18.5 Å². The highest BCUT2D eigenvalue weighted by molar-refractivity contribution is 7.87. The van der Waals surface area contributed by atoms with Crippen molar-refractivity contribution in [2.75, 3.05) is 12.4 Å². The van der Waals surface area contributed by atoms with Crippen molar-refractivity contribution < 1.29 is 22.0 Å². The van der Waals surface area contributed by atoms with Gasteiger partial charge in [0, 0.05) is 17.6 Å². The van der Waals surface area contributed by atoms with Crippen molar-refractivity contribution in [1.29, 1.82) is 0 Å². The van der Waals surface area contributed by atoms with Gasteiger partial charge in [-0.15, -0.1) is 11.3 Å². The molecule has 2 atom stereocenters. The van der Waals surface area contributed by atoms with E-state index in [2.05, 4.69) is 15.0 Å². The summed E-state index contributed by atoms with van der Waals surface area (Å²) in [6.45, 7) is 0. The fourth-order valence-electron chi connectivity index (χ4n) is 3.30. The van der Waals surface area contributed by atoms with Gasteiger partial charge in [-0.3, -0.25) is 9.78 Å². The van der Waals surface area contributed by atoms with Gasteiger partial charge < -0.3 is 5.32 Å². The molecule has 1 aliphatic heterocycles. The van der Waals surface area contributed by atoms with E-state index in [0.29, 0.717) is 10.6 Å². The highest BCUT2D eigenvalue weighted by Crippen LogP contribution is 2.35. The number of rotatable bonds is 4. The number of pyridine rings is 1. The topological polar surface area (TPSA) is 91.4 Å². The Morgan fingerprint density at radius 2 is 2.03 bits per heavy atom. The molecule has 2 aromatic heterocycles. The molecule has 0 saturated carbocycles. The number of hydrogen-bond acceptors (Lipinski definition) is 5. The van der Waals surface area contributed by atoms with Gasteiger partial charge in [0.2, 0.25) is 5.91 Å². The highest BCUT2D eigenvalue weighted by atomic mass is 35.5. The van der Waals surface area contributed by atoms with Gasteiger partial charge in [-0.2, -0.15) is 17.4 Å². The predicted octanol–water partition coefficient (Wildman–Crippen LogP) is 3.96. The van der Waals surface area contributed by atoms with Gasteiger partial charge in [0.25, 0.3) is 10.2 Å². The van der Waals surface area contributed by atoms with E-state index in [-0.39, 0.29) is 17.1 Å². The van der Waals surface area contributed by atoms with Crippen LogP contribution in [0.2, 0.25) is 5.02 Å². The zero-order valence-electron chi connectivity index (χ0n) is 16.6. The zero-order valence-corrected chi connectivity index (χ0v) is 18.9. The summed E-state index contributed by atoms with van der Waals surface area (Å²) in [5, 5.41) is 2.43. The minimum atomic E-state index is -3.94. The first-order chi connectivity index (χ1) is 15.1. The van der Waals surface area contributed by atoms with E-state index >= 15 is 0 Å². The smallest absolute Gasteiger partial charge is 0.280 e. The Hall–Kier alpha value is -2.44. The molecule has 1 fully saturated rings. The molecule has 3 heterocycles. The normalized spacial score (nSPS) is 20.8. The van der Waals surface area contributed by atoms with Gasteiger partial charge in [-0.1, -0.05) is 11.6 Å². The molecule has 4 rings (SSSR count). The molecule has 168 valence electrons. The Morgan fingerprint density at radius 1 is 1.25 bits per heavy atom. The second-order valence-corrected chi connectivity index (χ2v) is 10.4. The molecule has 32 heavy (non-hydrogen) atoms. The van der Waals surface area contributed by atoms with Crippen molar-refractivity contribution in [1.82, 2.24) is 14.0 Å². The molecule has 0 aliphatic carbocycles. The van der Waals surface area contributed by atoms with E-state index < -0.39 is 39.8 Å². The molecule has 0 spiro atoms. The first-order valence-electron chi connectivity index (χ1n) is 9.37. The molecule has 1 saturated heterocycles. The SMILES string of the molecule is CN1[C@H](C(=O)Nc2ccc(F)c(Cl)c2)C[C@H](c2ccc(-c3ccc(F)cn3)s2)NS1(=O)=O. The van der Waals surface area contributed by atoms with Gasteiger partial charge in [-0.25, -0.2) is 8.78 Å². The van der Waals surface area contributed by atoms with Crippen LogP contribution in [0.15, 0.2) is 48.7 Å². The number of carbonyl (C=O) groups is 1. The summed E-state index contributed by atoms with van der Waals surface area (Å²) in [7, 11) is -2.63. The van der Waals surface area contributed by atoms with E-state index in [1.165, 1.54) is 42.6 Å². The molecule has 2 N–H and O–H groups in total. The van der Waals surface area contributed by atoms with Crippen LogP contribution in [-0.2, 0) is 15.0 Å². The van der Waals surface area contributed by atoms with Gasteiger partial charge in [0.05, 0.1) is 27.8 Å². The van der Waals surface area contributed by atoms with E-state index in [9.17, 15) is 22.0 Å². The maximum atomic E-state index is 13.4. The van der Waals surface area contributed by atoms with Crippen molar-refractivity contribution in [3.63, 3.8) is 0 Å². The van der Waals surface area contributed by atoms with Crippen molar-refractivity contribution in [3.8, 4) is 10.6 Å². The average Bonchev–Trinajstić information content (AvgIpc) is 3.23. The van der Waals surface area contributed by atoms with Gasteiger partial charge >= 0.3 is 0 Å². The fraction of sp³-hybridized carbons (Fsp3) is 0.200. The van der Waals surface area contributed by atoms with E-state index in [0.717, 1.165) is 21.4 Å². The van der Waals surface area contributed by atoms with E-state index in [1.807, 2.05) is 0 Å². The molecule has 0 unspecified atom stereocenters. The van der Waals surface area contributed by atoms with Crippen molar-refractivity contribution >= 4 is 44.7 Å².